The molecule has 0 spiro atoms. The summed E-state index contributed by atoms with van der Waals surface area (Å²) < 4.78 is 17.4. The maximum Gasteiger partial charge on any atom is 0.349 e. The first-order valence-electron chi connectivity index (χ1n) is 11.9. The number of piperidine rings is 1. The quantitative estimate of drug-likeness (QED) is 0.315. The van der Waals surface area contributed by atoms with Crippen LogP contribution in [0.4, 0.5) is 0 Å². The molecule has 3 rings (SSSR count). The molecule has 0 bridgehead atoms. The molecule has 1 fully saturated rings. The summed E-state index contributed by atoms with van der Waals surface area (Å²) in [7, 11) is 1.61. The number of nitrogens with zero attached hydrogens (tertiary/aromatic N) is 3. The van der Waals surface area contributed by atoms with Gasteiger partial charge in [0.05, 0.1) is 19.6 Å². The maximum absolute atomic E-state index is 12.6. The van der Waals surface area contributed by atoms with Crippen LogP contribution >= 0.6 is 0 Å². The summed E-state index contributed by atoms with van der Waals surface area (Å²) in [5.41, 5.74) is 3.20. The van der Waals surface area contributed by atoms with E-state index in [2.05, 4.69) is 0 Å². The lowest BCUT2D eigenvalue weighted by molar-refractivity contribution is -0.153. The second-order valence-electron chi connectivity index (χ2n) is 8.51. The number of aromatic nitrogens is 1. The van der Waals surface area contributed by atoms with Crippen LogP contribution in [-0.2, 0) is 23.9 Å². The molecule has 2 aromatic rings. The third-order valence-electron chi connectivity index (χ3n) is 6.24. The van der Waals surface area contributed by atoms with E-state index in [0.29, 0.717) is 38.1 Å². The van der Waals surface area contributed by atoms with Crippen molar-refractivity contribution in [2.75, 3.05) is 33.4 Å². The predicted octanol–water partition coefficient (Wildman–Crippen LogP) is 3.35. The van der Waals surface area contributed by atoms with Crippen molar-refractivity contribution >= 4 is 23.9 Å². The summed E-state index contributed by atoms with van der Waals surface area (Å²) in [6, 6.07) is 11.3. The first-order chi connectivity index (χ1) is 17.3. The van der Waals surface area contributed by atoms with Gasteiger partial charge in [-0.05, 0) is 75.6 Å². The van der Waals surface area contributed by atoms with Gasteiger partial charge >= 0.3 is 11.9 Å². The number of carbonyl (C=O) groups is 3. The van der Waals surface area contributed by atoms with Crippen LogP contribution in [0, 0.1) is 31.1 Å². The fraction of sp³-hybridized carbons (Fsp3) is 0.407. The maximum atomic E-state index is 12.6. The summed E-state index contributed by atoms with van der Waals surface area (Å²) in [4.78, 5) is 38.5. The smallest absolute Gasteiger partial charge is 0.349 e. The summed E-state index contributed by atoms with van der Waals surface area (Å²) in [6.07, 6.45) is 2.48. The zero-order chi connectivity index (χ0) is 26.2. The van der Waals surface area contributed by atoms with Gasteiger partial charge in [0, 0.05) is 30.2 Å². The number of carbonyl (C=O) groups excluding carboxylic acids is 3. The Hall–Kier alpha value is -4.06. The van der Waals surface area contributed by atoms with Crippen molar-refractivity contribution in [3.05, 3.63) is 52.9 Å². The van der Waals surface area contributed by atoms with Crippen LogP contribution in [0.1, 0.15) is 36.7 Å². The molecule has 190 valence electrons. The van der Waals surface area contributed by atoms with Crippen LogP contribution in [0.25, 0.3) is 11.8 Å². The minimum Gasteiger partial charge on any atom is -0.497 e. The molecule has 0 radical (unpaired) electrons. The van der Waals surface area contributed by atoms with Crippen molar-refractivity contribution in [3.8, 4) is 17.5 Å². The van der Waals surface area contributed by atoms with Crippen LogP contribution in [-0.4, -0.2) is 60.7 Å². The molecule has 9 heteroatoms. The highest BCUT2D eigenvalue weighted by atomic mass is 16.5. The zero-order valence-electron chi connectivity index (χ0n) is 21.1. The van der Waals surface area contributed by atoms with Gasteiger partial charge in [-0.2, -0.15) is 5.26 Å². The molecule has 0 N–H and O–H groups in total. The molecule has 1 saturated heterocycles. The van der Waals surface area contributed by atoms with Crippen molar-refractivity contribution in [1.29, 1.82) is 5.26 Å². The van der Waals surface area contributed by atoms with E-state index >= 15 is 0 Å². The van der Waals surface area contributed by atoms with Crippen LogP contribution < -0.4 is 4.74 Å². The summed E-state index contributed by atoms with van der Waals surface area (Å²) in [5, 5.41) is 9.56. The van der Waals surface area contributed by atoms with Crippen LogP contribution in [0.2, 0.25) is 0 Å². The highest BCUT2D eigenvalue weighted by Gasteiger charge is 2.28. The zero-order valence-corrected chi connectivity index (χ0v) is 21.1. The molecule has 0 unspecified atom stereocenters. The predicted molar refractivity (Wildman–Crippen MR) is 132 cm³/mol. The Kier molecular flexibility index (Phi) is 8.90. The molecule has 1 amide bonds. The van der Waals surface area contributed by atoms with Crippen LogP contribution in [0.15, 0.2) is 35.9 Å². The summed E-state index contributed by atoms with van der Waals surface area (Å²) >= 11 is 0. The number of hydrogen-bond acceptors (Lipinski definition) is 7. The summed E-state index contributed by atoms with van der Waals surface area (Å²) in [5.74, 6) is -0.941. The van der Waals surface area contributed by atoms with Gasteiger partial charge in [-0.3, -0.25) is 9.59 Å². The van der Waals surface area contributed by atoms with Crippen molar-refractivity contribution in [2.24, 2.45) is 5.92 Å². The van der Waals surface area contributed by atoms with E-state index in [1.807, 2.05) is 54.8 Å². The third kappa shape index (κ3) is 6.13. The van der Waals surface area contributed by atoms with Gasteiger partial charge in [-0.15, -0.1) is 0 Å². The number of rotatable bonds is 8. The highest BCUT2D eigenvalue weighted by Crippen LogP contribution is 2.25. The Labute approximate surface area is 210 Å². The average molecular weight is 494 g/mol. The molecular formula is C27H31N3O6. The fourth-order valence-corrected chi connectivity index (χ4v) is 4.28. The monoisotopic (exact) mass is 493 g/mol. The number of benzene rings is 1. The number of aryl methyl sites for hydroxylation is 1. The van der Waals surface area contributed by atoms with Gasteiger partial charge in [0.2, 0.25) is 0 Å². The molecule has 1 aliphatic heterocycles. The summed E-state index contributed by atoms with van der Waals surface area (Å²) in [6.45, 7) is 6.22. The number of esters is 2. The Balaban J connectivity index is 1.63. The van der Waals surface area contributed by atoms with Gasteiger partial charge in [-0.25, -0.2) is 4.79 Å². The van der Waals surface area contributed by atoms with Crippen molar-refractivity contribution in [2.45, 2.75) is 33.6 Å². The van der Waals surface area contributed by atoms with Gasteiger partial charge in [-0.1, -0.05) is 0 Å². The van der Waals surface area contributed by atoms with Crippen molar-refractivity contribution in [1.82, 2.24) is 9.47 Å². The molecule has 0 aliphatic carbocycles. The number of likely N-dealkylation sites (tertiary alicyclic amines) is 1. The molecule has 36 heavy (non-hydrogen) atoms. The van der Waals surface area contributed by atoms with E-state index in [1.165, 1.54) is 6.08 Å². The van der Waals surface area contributed by atoms with Gasteiger partial charge < -0.3 is 23.7 Å². The lowest BCUT2D eigenvalue weighted by Crippen LogP contribution is -2.42. The number of nitriles is 1. The third-order valence-corrected chi connectivity index (χ3v) is 6.24. The topological polar surface area (TPSA) is 111 Å². The molecule has 2 heterocycles. The first kappa shape index (κ1) is 26.5. The van der Waals surface area contributed by atoms with E-state index in [1.54, 1.807) is 18.9 Å². The number of hydrogen-bond donors (Lipinski definition) is 0. The van der Waals surface area contributed by atoms with E-state index in [9.17, 15) is 19.6 Å². The van der Waals surface area contributed by atoms with Gasteiger partial charge in [0.15, 0.2) is 6.61 Å². The molecule has 0 saturated carbocycles. The average Bonchev–Trinajstić information content (AvgIpc) is 3.18. The Morgan fingerprint density at radius 3 is 2.36 bits per heavy atom. The van der Waals surface area contributed by atoms with Crippen molar-refractivity contribution in [3.63, 3.8) is 0 Å². The molecular weight excluding hydrogens is 462 g/mol. The Bertz CT molecular complexity index is 1180. The van der Waals surface area contributed by atoms with Crippen LogP contribution in [0.5, 0.6) is 5.75 Å². The van der Waals surface area contributed by atoms with Crippen LogP contribution in [0.3, 0.4) is 0 Å². The Morgan fingerprint density at radius 2 is 1.78 bits per heavy atom. The molecule has 1 aromatic carbocycles. The Morgan fingerprint density at radius 1 is 1.11 bits per heavy atom. The molecule has 0 atom stereocenters. The molecule has 1 aliphatic rings. The number of ether oxygens (including phenoxy) is 3. The number of amides is 1. The normalized spacial score (nSPS) is 14.2. The van der Waals surface area contributed by atoms with E-state index < -0.39 is 12.6 Å². The second-order valence-corrected chi connectivity index (χ2v) is 8.51. The number of methoxy groups -OCH3 is 1. The van der Waals surface area contributed by atoms with E-state index in [4.69, 9.17) is 14.2 Å². The lowest BCUT2D eigenvalue weighted by atomic mass is 9.97. The van der Waals surface area contributed by atoms with E-state index in [0.717, 1.165) is 22.8 Å². The van der Waals surface area contributed by atoms with Crippen molar-refractivity contribution < 1.29 is 28.6 Å². The SMILES string of the molecule is CCOC(=O)C1CCN(C(=O)COC(=O)/C(C#N)=C/c2cc(C)n(-c3ccc(OC)cc3)c2C)CC1. The first-order valence-corrected chi connectivity index (χ1v) is 11.9. The van der Waals surface area contributed by atoms with Gasteiger partial charge in [0.1, 0.15) is 17.4 Å². The molecule has 1 aromatic heterocycles. The fourth-order valence-electron chi connectivity index (χ4n) is 4.28. The lowest BCUT2D eigenvalue weighted by Gasteiger charge is -2.30. The highest BCUT2D eigenvalue weighted by molar-refractivity contribution is 5.99. The van der Waals surface area contributed by atoms with Gasteiger partial charge in [0.25, 0.3) is 5.91 Å². The van der Waals surface area contributed by atoms with E-state index in [-0.39, 0.29) is 23.4 Å². The minimum atomic E-state index is -0.860. The minimum absolute atomic E-state index is 0.196. The molecule has 9 nitrogen and oxygen atoms in total. The largest absolute Gasteiger partial charge is 0.497 e. The second kappa shape index (κ2) is 12.1. The standard InChI is InChI=1S/C27H31N3O6/c1-5-35-26(32)20-10-12-29(13-11-20)25(31)17-36-27(33)22(16-28)15-21-14-18(2)30(19(21)3)23-6-8-24(34-4)9-7-23/h6-9,14-15,20H,5,10-13,17H2,1-4H3/b22-15+.